The summed E-state index contributed by atoms with van der Waals surface area (Å²) in [5.74, 6) is 0.436. The number of fused-ring (bicyclic) bond motifs is 1. The number of halogens is 1. The number of benzene rings is 2. The highest BCUT2D eigenvalue weighted by Crippen LogP contribution is 2.23. The number of methoxy groups -OCH3 is 1. The maximum absolute atomic E-state index is 13.3. The van der Waals surface area contributed by atoms with Crippen molar-refractivity contribution in [2.24, 2.45) is 0 Å². The Morgan fingerprint density at radius 1 is 1.13 bits per heavy atom. The van der Waals surface area contributed by atoms with Crippen molar-refractivity contribution < 1.29 is 18.5 Å². The number of aromatic amines is 1. The number of H-pyrrole nitrogens is 1. The van der Waals surface area contributed by atoms with Crippen LogP contribution in [-0.4, -0.2) is 24.5 Å². The van der Waals surface area contributed by atoms with E-state index >= 15 is 0 Å². The summed E-state index contributed by atoms with van der Waals surface area (Å²) >= 11 is 0. The zero-order valence-corrected chi connectivity index (χ0v) is 16.7. The largest absolute Gasteiger partial charge is 0.497 e. The maximum atomic E-state index is 13.3. The van der Waals surface area contributed by atoms with Crippen molar-refractivity contribution in [1.82, 2.24) is 10.3 Å². The van der Waals surface area contributed by atoms with Crippen molar-refractivity contribution in [3.8, 4) is 5.75 Å². The molecule has 0 atom stereocenters. The van der Waals surface area contributed by atoms with Gasteiger partial charge in [-0.3, -0.25) is 4.79 Å². The lowest BCUT2D eigenvalue weighted by molar-refractivity contribution is -0.688. The molecule has 4 rings (SSSR count). The monoisotopic (exact) mass is 404 g/mol. The molecule has 2 aromatic heterocycles. The Bertz CT molecular complexity index is 1170. The first kappa shape index (κ1) is 19.6. The SMILES string of the molecule is COc1ccc2[nH]cc(CCNC(=O)c3cc[n+](Cc4cccc(F)c4)cc3)c2c1. The number of aromatic nitrogens is 2. The first-order valence-electron chi connectivity index (χ1n) is 9.78. The Kier molecular flexibility index (Phi) is 5.75. The second-order valence-corrected chi connectivity index (χ2v) is 7.12. The van der Waals surface area contributed by atoms with E-state index < -0.39 is 0 Å². The van der Waals surface area contributed by atoms with Gasteiger partial charge in [-0.1, -0.05) is 12.1 Å². The highest BCUT2D eigenvalue weighted by Gasteiger charge is 2.10. The van der Waals surface area contributed by atoms with Crippen LogP contribution in [0.5, 0.6) is 5.75 Å². The minimum atomic E-state index is -0.252. The van der Waals surface area contributed by atoms with Crippen molar-refractivity contribution in [2.45, 2.75) is 13.0 Å². The number of amides is 1. The number of pyridine rings is 1. The molecule has 0 fully saturated rings. The molecule has 2 heterocycles. The molecule has 2 aromatic carbocycles. The van der Waals surface area contributed by atoms with Crippen LogP contribution in [0.4, 0.5) is 4.39 Å². The lowest BCUT2D eigenvalue weighted by Crippen LogP contribution is -2.34. The van der Waals surface area contributed by atoms with Gasteiger partial charge in [-0.05, 0) is 42.3 Å². The highest BCUT2D eigenvalue weighted by molar-refractivity contribution is 5.94. The van der Waals surface area contributed by atoms with Gasteiger partial charge in [0.1, 0.15) is 11.6 Å². The van der Waals surface area contributed by atoms with Crippen LogP contribution in [-0.2, 0) is 13.0 Å². The number of ether oxygens (including phenoxy) is 1. The molecule has 0 saturated carbocycles. The molecule has 0 aliphatic carbocycles. The summed E-state index contributed by atoms with van der Waals surface area (Å²) in [5.41, 5.74) is 3.63. The molecule has 0 unspecified atom stereocenters. The Morgan fingerprint density at radius 3 is 2.73 bits per heavy atom. The van der Waals surface area contributed by atoms with Gasteiger partial charge in [0.05, 0.1) is 12.7 Å². The predicted molar refractivity (Wildman–Crippen MR) is 113 cm³/mol. The molecule has 0 aliphatic rings. The molecular formula is C24H23FN3O2+. The van der Waals surface area contributed by atoms with E-state index in [2.05, 4.69) is 10.3 Å². The van der Waals surface area contributed by atoms with Crippen LogP contribution in [0.15, 0.2) is 73.2 Å². The van der Waals surface area contributed by atoms with E-state index in [4.69, 9.17) is 4.74 Å². The number of hydrogen-bond acceptors (Lipinski definition) is 2. The van der Waals surface area contributed by atoms with Gasteiger partial charge in [0.25, 0.3) is 5.91 Å². The number of rotatable bonds is 7. The van der Waals surface area contributed by atoms with E-state index in [1.165, 1.54) is 12.1 Å². The predicted octanol–water partition coefficient (Wildman–Crippen LogP) is 3.62. The summed E-state index contributed by atoms with van der Waals surface area (Å²) in [4.78, 5) is 15.7. The van der Waals surface area contributed by atoms with E-state index in [0.717, 1.165) is 27.8 Å². The van der Waals surface area contributed by atoms with Crippen LogP contribution in [0.2, 0.25) is 0 Å². The molecule has 30 heavy (non-hydrogen) atoms. The first-order chi connectivity index (χ1) is 14.6. The highest BCUT2D eigenvalue weighted by atomic mass is 19.1. The average Bonchev–Trinajstić information content (AvgIpc) is 3.16. The maximum Gasteiger partial charge on any atom is 0.251 e. The summed E-state index contributed by atoms with van der Waals surface area (Å²) in [6.07, 6.45) is 6.33. The third-order valence-corrected chi connectivity index (χ3v) is 5.06. The topological polar surface area (TPSA) is 58.0 Å². The van der Waals surface area contributed by atoms with Gasteiger partial charge in [0.15, 0.2) is 18.9 Å². The van der Waals surface area contributed by atoms with Gasteiger partial charge in [-0.2, -0.15) is 0 Å². The molecule has 5 nitrogen and oxygen atoms in total. The smallest absolute Gasteiger partial charge is 0.251 e. The summed E-state index contributed by atoms with van der Waals surface area (Å²) < 4.78 is 20.5. The Labute approximate surface area is 174 Å². The molecule has 0 saturated heterocycles. The van der Waals surface area contributed by atoms with Crippen LogP contribution in [0, 0.1) is 5.82 Å². The normalized spacial score (nSPS) is 10.9. The third-order valence-electron chi connectivity index (χ3n) is 5.06. The van der Waals surface area contributed by atoms with E-state index in [-0.39, 0.29) is 11.7 Å². The molecule has 0 radical (unpaired) electrons. The van der Waals surface area contributed by atoms with Gasteiger partial charge in [-0.15, -0.1) is 0 Å². The van der Waals surface area contributed by atoms with Gasteiger partial charge < -0.3 is 15.0 Å². The molecule has 0 spiro atoms. The van der Waals surface area contributed by atoms with Gasteiger partial charge in [0.2, 0.25) is 0 Å². The second-order valence-electron chi connectivity index (χ2n) is 7.12. The minimum absolute atomic E-state index is 0.120. The van der Waals surface area contributed by atoms with E-state index in [1.54, 1.807) is 25.3 Å². The number of hydrogen-bond donors (Lipinski definition) is 2. The number of carbonyl (C=O) groups is 1. The Morgan fingerprint density at radius 2 is 1.97 bits per heavy atom. The Hall–Kier alpha value is -3.67. The molecule has 2 N–H and O–H groups in total. The minimum Gasteiger partial charge on any atom is -0.497 e. The Balaban J connectivity index is 1.34. The fraction of sp³-hybridized carbons (Fsp3) is 0.167. The lowest BCUT2D eigenvalue weighted by Gasteiger charge is -2.05. The number of carbonyl (C=O) groups excluding carboxylic acids is 1. The molecule has 0 aliphatic heterocycles. The summed E-state index contributed by atoms with van der Waals surface area (Å²) in [6, 6.07) is 15.9. The zero-order chi connectivity index (χ0) is 20.9. The molecule has 4 aromatic rings. The summed E-state index contributed by atoms with van der Waals surface area (Å²) in [5, 5.41) is 4.06. The fourth-order valence-corrected chi connectivity index (χ4v) is 3.46. The average molecular weight is 404 g/mol. The van der Waals surface area contributed by atoms with E-state index in [1.807, 2.05) is 47.4 Å². The van der Waals surface area contributed by atoms with Crippen LogP contribution < -0.4 is 14.6 Å². The van der Waals surface area contributed by atoms with Gasteiger partial charge in [-0.25, -0.2) is 8.96 Å². The third kappa shape index (κ3) is 4.49. The van der Waals surface area contributed by atoms with Crippen LogP contribution in [0.1, 0.15) is 21.5 Å². The van der Waals surface area contributed by atoms with Crippen molar-refractivity contribution >= 4 is 16.8 Å². The molecule has 6 heteroatoms. The van der Waals surface area contributed by atoms with E-state index in [9.17, 15) is 9.18 Å². The number of nitrogens with one attached hydrogen (secondary N) is 2. The fourth-order valence-electron chi connectivity index (χ4n) is 3.46. The molecule has 0 bridgehead atoms. The van der Waals surface area contributed by atoms with E-state index in [0.29, 0.717) is 25.1 Å². The summed E-state index contributed by atoms with van der Waals surface area (Å²) in [7, 11) is 1.65. The van der Waals surface area contributed by atoms with Crippen molar-refractivity contribution in [3.63, 3.8) is 0 Å². The summed E-state index contributed by atoms with van der Waals surface area (Å²) in [6.45, 7) is 1.07. The van der Waals surface area contributed by atoms with Crippen LogP contribution >= 0.6 is 0 Å². The van der Waals surface area contributed by atoms with Gasteiger partial charge in [0, 0.05) is 41.3 Å². The molecule has 152 valence electrons. The standard InChI is InChI=1S/C24H22FN3O2/c1-30-21-5-6-23-22(14-21)19(15-27-23)7-10-26-24(29)18-8-11-28(12-9-18)16-17-3-2-4-20(25)13-17/h2-6,8-9,11-15,27H,7,10,16H2,1H3/p+1. The van der Waals surface area contributed by atoms with Crippen LogP contribution in [0.25, 0.3) is 10.9 Å². The zero-order valence-electron chi connectivity index (χ0n) is 16.7. The molecular weight excluding hydrogens is 381 g/mol. The van der Waals surface area contributed by atoms with Gasteiger partial charge >= 0.3 is 0 Å². The van der Waals surface area contributed by atoms with Crippen LogP contribution in [0.3, 0.4) is 0 Å². The molecule has 1 amide bonds. The second kappa shape index (κ2) is 8.78. The van der Waals surface area contributed by atoms with Crippen molar-refractivity contribution in [3.05, 3.63) is 95.7 Å². The first-order valence-corrected chi connectivity index (χ1v) is 9.78. The lowest BCUT2D eigenvalue weighted by atomic mass is 10.1. The van der Waals surface area contributed by atoms with Crippen molar-refractivity contribution in [1.29, 1.82) is 0 Å². The quantitative estimate of drug-likeness (QED) is 0.462. The number of nitrogens with zero attached hydrogens (tertiary/aromatic N) is 1. The van der Waals surface area contributed by atoms with Crippen molar-refractivity contribution in [2.75, 3.05) is 13.7 Å².